The van der Waals surface area contributed by atoms with E-state index < -0.39 is 6.10 Å². The molecular formula is C20H31FN4O3. The highest BCUT2D eigenvalue weighted by Gasteiger charge is 2.30. The monoisotopic (exact) mass is 394 g/mol. The van der Waals surface area contributed by atoms with Crippen molar-refractivity contribution >= 4 is 5.96 Å². The molecule has 28 heavy (non-hydrogen) atoms. The number of halogens is 1. The lowest BCUT2D eigenvalue weighted by molar-refractivity contribution is 0.0194. The third-order valence-electron chi connectivity index (χ3n) is 5.07. The number of rotatable bonds is 7. The van der Waals surface area contributed by atoms with E-state index in [4.69, 9.17) is 9.47 Å². The average Bonchev–Trinajstić information content (AvgIpc) is 3.21. The molecule has 156 valence electrons. The Labute approximate surface area is 166 Å². The molecule has 2 heterocycles. The predicted octanol–water partition coefficient (Wildman–Crippen LogP) is 0.937. The molecule has 0 aromatic heterocycles. The summed E-state index contributed by atoms with van der Waals surface area (Å²) in [6, 6.07) is 6.29. The first-order valence-electron chi connectivity index (χ1n) is 10.1. The van der Waals surface area contributed by atoms with Crippen LogP contribution in [0.25, 0.3) is 0 Å². The van der Waals surface area contributed by atoms with Crippen LogP contribution < -0.4 is 10.1 Å². The smallest absolute Gasteiger partial charge is 0.194 e. The molecule has 0 spiro atoms. The third-order valence-corrected chi connectivity index (χ3v) is 5.07. The molecule has 7 nitrogen and oxygen atoms in total. The van der Waals surface area contributed by atoms with Crippen molar-refractivity contribution in [1.29, 1.82) is 0 Å². The molecule has 2 unspecified atom stereocenters. The minimum atomic E-state index is -0.726. The summed E-state index contributed by atoms with van der Waals surface area (Å²) < 4.78 is 23.9. The Balaban J connectivity index is 1.48. The number of morpholine rings is 1. The minimum Gasteiger partial charge on any atom is -0.491 e. The van der Waals surface area contributed by atoms with Crippen LogP contribution in [0.15, 0.2) is 29.3 Å². The van der Waals surface area contributed by atoms with E-state index in [1.165, 1.54) is 12.1 Å². The second kappa shape index (κ2) is 10.6. The van der Waals surface area contributed by atoms with Crippen LogP contribution in [-0.4, -0.2) is 92.1 Å². The molecule has 0 amide bonds. The third kappa shape index (κ3) is 6.05. The molecule has 0 saturated carbocycles. The first kappa shape index (κ1) is 20.8. The average molecular weight is 394 g/mol. The SMILES string of the molecule is CCNC(=NCC(O)COc1ccc(F)cc1)N1CCC(N2CCOCC2)C1. The molecule has 8 heteroatoms. The van der Waals surface area contributed by atoms with Crippen molar-refractivity contribution in [2.75, 3.05) is 59.1 Å². The van der Waals surface area contributed by atoms with Crippen LogP contribution in [0.2, 0.25) is 0 Å². The topological polar surface area (TPSA) is 69.6 Å². The Bertz CT molecular complexity index is 622. The van der Waals surface area contributed by atoms with Crippen LogP contribution in [-0.2, 0) is 4.74 Å². The number of guanidine groups is 1. The largest absolute Gasteiger partial charge is 0.491 e. The van der Waals surface area contributed by atoms with Gasteiger partial charge >= 0.3 is 0 Å². The predicted molar refractivity (Wildman–Crippen MR) is 106 cm³/mol. The van der Waals surface area contributed by atoms with Gasteiger partial charge in [-0.3, -0.25) is 9.89 Å². The summed E-state index contributed by atoms with van der Waals surface area (Å²) in [4.78, 5) is 9.36. The molecule has 0 radical (unpaired) electrons. The van der Waals surface area contributed by atoms with Crippen LogP contribution in [0.5, 0.6) is 5.75 Å². The second-order valence-electron chi connectivity index (χ2n) is 7.15. The zero-order valence-corrected chi connectivity index (χ0v) is 16.5. The summed E-state index contributed by atoms with van der Waals surface area (Å²) in [5.41, 5.74) is 0. The number of nitrogens with zero attached hydrogens (tertiary/aromatic N) is 3. The number of hydrogen-bond donors (Lipinski definition) is 2. The molecule has 2 aliphatic rings. The number of nitrogens with one attached hydrogen (secondary N) is 1. The summed E-state index contributed by atoms with van der Waals surface area (Å²) in [6.07, 6.45) is 0.386. The molecule has 1 aromatic carbocycles. The lowest BCUT2D eigenvalue weighted by Crippen LogP contribution is -2.46. The maximum absolute atomic E-state index is 12.9. The van der Waals surface area contributed by atoms with Crippen molar-refractivity contribution in [1.82, 2.24) is 15.1 Å². The Kier molecular flexibility index (Phi) is 7.88. The van der Waals surface area contributed by atoms with Gasteiger partial charge in [-0.05, 0) is 37.6 Å². The van der Waals surface area contributed by atoms with Gasteiger partial charge in [0, 0.05) is 38.8 Å². The highest BCUT2D eigenvalue weighted by Crippen LogP contribution is 2.17. The molecule has 3 rings (SSSR count). The van der Waals surface area contributed by atoms with Crippen molar-refractivity contribution in [3.05, 3.63) is 30.1 Å². The van der Waals surface area contributed by atoms with E-state index in [1.807, 2.05) is 6.92 Å². The van der Waals surface area contributed by atoms with Gasteiger partial charge in [0.1, 0.15) is 24.3 Å². The molecule has 2 atom stereocenters. The fraction of sp³-hybridized carbons (Fsp3) is 0.650. The molecule has 2 N–H and O–H groups in total. The van der Waals surface area contributed by atoms with E-state index in [0.29, 0.717) is 11.8 Å². The van der Waals surface area contributed by atoms with Gasteiger partial charge in [-0.2, -0.15) is 0 Å². The van der Waals surface area contributed by atoms with Crippen LogP contribution in [0, 0.1) is 5.82 Å². The Hall–Kier alpha value is -1.90. The van der Waals surface area contributed by atoms with Gasteiger partial charge in [0.25, 0.3) is 0 Å². The molecule has 0 aliphatic carbocycles. The highest BCUT2D eigenvalue weighted by molar-refractivity contribution is 5.80. The number of aliphatic hydroxyl groups is 1. The van der Waals surface area contributed by atoms with E-state index >= 15 is 0 Å². The van der Waals surface area contributed by atoms with Gasteiger partial charge in [0.15, 0.2) is 5.96 Å². The van der Waals surface area contributed by atoms with Gasteiger partial charge in [0.2, 0.25) is 0 Å². The molecule has 0 bridgehead atoms. The minimum absolute atomic E-state index is 0.116. The standard InChI is InChI=1S/C20H31FN4O3/c1-2-22-20(25-8-7-17(14-25)24-9-11-27-12-10-24)23-13-18(26)15-28-19-5-3-16(21)4-6-19/h3-6,17-18,26H,2,7-15H2,1H3,(H,22,23). The fourth-order valence-corrected chi connectivity index (χ4v) is 3.57. The Morgan fingerprint density at radius 3 is 2.79 bits per heavy atom. The number of aliphatic hydroxyl groups excluding tert-OH is 1. The maximum Gasteiger partial charge on any atom is 0.194 e. The zero-order valence-electron chi connectivity index (χ0n) is 16.5. The number of likely N-dealkylation sites (tertiary alicyclic amines) is 1. The van der Waals surface area contributed by atoms with E-state index in [0.717, 1.165) is 58.3 Å². The molecule has 2 fully saturated rings. The number of hydrogen-bond acceptors (Lipinski definition) is 5. The zero-order chi connectivity index (χ0) is 19.8. The van der Waals surface area contributed by atoms with Crippen molar-refractivity contribution < 1.29 is 19.0 Å². The summed E-state index contributed by atoms with van der Waals surface area (Å²) >= 11 is 0. The van der Waals surface area contributed by atoms with Gasteiger partial charge in [-0.1, -0.05) is 0 Å². The number of ether oxygens (including phenoxy) is 2. The lowest BCUT2D eigenvalue weighted by Gasteiger charge is -2.32. The lowest BCUT2D eigenvalue weighted by atomic mass is 10.2. The maximum atomic E-state index is 12.9. The quantitative estimate of drug-likeness (QED) is 0.530. The van der Waals surface area contributed by atoms with Crippen LogP contribution in [0.4, 0.5) is 4.39 Å². The van der Waals surface area contributed by atoms with Crippen molar-refractivity contribution in [2.24, 2.45) is 4.99 Å². The van der Waals surface area contributed by atoms with Gasteiger partial charge in [-0.25, -0.2) is 4.39 Å². The normalized spacial score (nSPS) is 22.3. The van der Waals surface area contributed by atoms with Crippen molar-refractivity contribution in [2.45, 2.75) is 25.5 Å². The first-order chi connectivity index (χ1) is 13.7. The number of aliphatic imine (C=N–C) groups is 1. The highest BCUT2D eigenvalue weighted by atomic mass is 19.1. The van der Waals surface area contributed by atoms with Crippen molar-refractivity contribution in [3.63, 3.8) is 0 Å². The van der Waals surface area contributed by atoms with Crippen LogP contribution in [0.3, 0.4) is 0 Å². The van der Waals surface area contributed by atoms with Gasteiger partial charge in [0.05, 0.1) is 19.8 Å². The summed E-state index contributed by atoms with van der Waals surface area (Å²) in [6.45, 7) is 8.68. The van der Waals surface area contributed by atoms with E-state index in [2.05, 4.69) is 20.1 Å². The molecule has 2 saturated heterocycles. The van der Waals surface area contributed by atoms with E-state index in [1.54, 1.807) is 12.1 Å². The molecule has 1 aromatic rings. The van der Waals surface area contributed by atoms with E-state index in [-0.39, 0.29) is 19.0 Å². The van der Waals surface area contributed by atoms with Crippen molar-refractivity contribution in [3.8, 4) is 5.75 Å². The molecular weight excluding hydrogens is 363 g/mol. The molecule has 2 aliphatic heterocycles. The van der Waals surface area contributed by atoms with E-state index in [9.17, 15) is 9.50 Å². The summed E-state index contributed by atoms with van der Waals surface area (Å²) in [7, 11) is 0. The number of benzene rings is 1. The summed E-state index contributed by atoms with van der Waals surface area (Å²) in [5, 5.41) is 13.5. The van der Waals surface area contributed by atoms with Crippen LogP contribution >= 0.6 is 0 Å². The first-order valence-corrected chi connectivity index (χ1v) is 10.1. The Morgan fingerprint density at radius 2 is 2.07 bits per heavy atom. The Morgan fingerprint density at radius 1 is 1.32 bits per heavy atom. The fourth-order valence-electron chi connectivity index (χ4n) is 3.57. The second-order valence-corrected chi connectivity index (χ2v) is 7.15. The van der Waals surface area contributed by atoms with Crippen LogP contribution in [0.1, 0.15) is 13.3 Å². The van der Waals surface area contributed by atoms with Gasteiger partial charge in [-0.15, -0.1) is 0 Å². The van der Waals surface area contributed by atoms with Gasteiger partial charge < -0.3 is 24.8 Å². The summed E-state index contributed by atoms with van der Waals surface area (Å²) in [5.74, 6) is 1.05.